The van der Waals surface area contributed by atoms with Crippen LogP contribution in [0.4, 0.5) is 10.1 Å². The number of hydrogen-bond acceptors (Lipinski definition) is 3. The first-order valence-electron chi connectivity index (χ1n) is 8.11. The van der Waals surface area contributed by atoms with E-state index in [2.05, 4.69) is 10.6 Å². The molecule has 3 nitrogen and oxygen atoms in total. The topological polar surface area (TPSA) is 33.3 Å². The van der Waals surface area contributed by atoms with Crippen LogP contribution in [-0.4, -0.2) is 25.7 Å². The Balaban J connectivity index is 1.71. The van der Waals surface area contributed by atoms with E-state index in [9.17, 15) is 4.39 Å². The van der Waals surface area contributed by atoms with Crippen LogP contribution in [-0.2, 0) is 0 Å². The summed E-state index contributed by atoms with van der Waals surface area (Å²) in [6.07, 6.45) is 7.66. The fourth-order valence-electron chi connectivity index (χ4n) is 3.86. The average molecular weight is 292 g/mol. The Morgan fingerprint density at radius 1 is 1.19 bits per heavy atom. The Kier molecular flexibility index (Phi) is 4.63. The SMILES string of the molecule is COc1cc(NC2CCCCC2C2CCCN2)ccc1F. The Labute approximate surface area is 126 Å². The normalized spacial score (nSPS) is 29.3. The van der Waals surface area contributed by atoms with Gasteiger partial charge in [0.15, 0.2) is 11.6 Å². The van der Waals surface area contributed by atoms with Gasteiger partial charge in [-0.05, 0) is 50.3 Å². The summed E-state index contributed by atoms with van der Waals surface area (Å²) in [6, 6.07) is 6.18. The maximum Gasteiger partial charge on any atom is 0.165 e. The van der Waals surface area contributed by atoms with Crippen LogP contribution in [0.3, 0.4) is 0 Å². The summed E-state index contributed by atoms with van der Waals surface area (Å²) in [5.41, 5.74) is 0.961. The van der Waals surface area contributed by atoms with Gasteiger partial charge in [0.05, 0.1) is 7.11 Å². The molecule has 1 aromatic carbocycles. The van der Waals surface area contributed by atoms with Crippen molar-refractivity contribution in [2.75, 3.05) is 19.0 Å². The lowest BCUT2D eigenvalue weighted by atomic mass is 9.79. The van der Waals surface area contributed by atoms with Crippen LogP contribution >= 0.6 is 0 Å². The second-order valence-electron chi connectivity index (χ2n) is 6.25. The van der Waals surface area contributed by atoms with Crippen LogP contribution in [0.15, 0.2) is 18.2 Å². The molecule has 1 aliphatic heterocycles. The van der Waals surface area contributed by atoms with E-state index in [1.54, 1.807) is 6.07 Å². The highest BCUT2D eigenvalue weighted by Gasteiger charge is 2.33. The van der Waals surface area contributed by atoms with E-state index < -0.39 is 0 Å². The van der Waals surface area contributed by atoms with Gasteiger partial charge in [0, 0.05) is 23.8 Å². The summed E-state index contributed by atoms with van der Waals surface area (Å²) in [5, 5.41) is 7.27. The highest BCUT2D eigenvalue weighted by Crippen LogP contribution is 2.33. The maximum atomic E-state index is 13.5. The van der Waals surface area contributed by atoms with Crippen LogP contribution in [0.1, 0.15) is 38.5 Å². The lowest BCUT2D eigenvalue weighted by molar-refractivity contribution is 0.262. The minimum Gasteiger partial charge on any atom is -0.494 e. The summed E-state index contributed by atoms with van der Waals surface area (Å²) >= 11 is 0. The van der Waals surface area contributed by atoms with Crippen molar-refractivity contribution in [1.82, 2.24) is 5.32 Å². The fraction of sp³-hybridized carbons (Fsp3) is 0.647. The first-order chi connectivity index (χ1) is 10.3. The molecule has 2 N–H and O–H groups in total. The van der Waals surface area contributed by atoms with Crippen molar-refractivity contribution in [3.05, 3.63) is 24.0 Å². The predicted molar refractivity (Wildman–Crippen MR) is 83.3 cm³/mol. The smallest absolute Gasteiger partial charge is 0.165 e. The van der Waals surface area contributed by atoms with E-state index in [-0.39, 0.29) is 5.82 Å². The number of anilines is 1. The third kappa shape index (κ3) is 3.31. The number of methoxy groups -OCH3 is 1. The van der Waals surface area contributed by atoms with Crippen LogP contribution in [0.5, 0.6) is 5.75 Å². The predicted octanol–water partition coefficient (Wildman–Crippen LogP) is 3.56. The summed E-state index contributed by atoms with van der Waals surface area (Å²) in [7, 11) is 1.51. The molecule has 21 heavy (non-hydrogen) atoms. The maximum absolute atomic E-state index is 13.5. The number of nitrogens with one attached hydrogen (secondary N) is 2. The Morgan fingerprint density at radius 3 is 2.81 bits per heavy atom. The van der Waals surface area contributed by atoms with E-state index in [1.165, 1.54) is 51.7 Å². The quantitative estimate of drug-likeness (QED) is 0.890. The molecular weight excluding hydrogens is 267 g/mol. The lowest BCUT2D eigenvalue weighted by Crippen LogP contribution is -2.43. The number of hydrogen-bond donors (Lipinski definition) is 2. The van der Waals surface area contributed by atoms with Crippen LogP contribution in [0.25, 0.3) is 0 Å². The molecule has 116 valence electrons. The van der Waals surface area contributed by atoms with Crippen molar-refractivity contribution in [3.8, 4) is 5.75 Å². The van der Waals surface area contributed by atoms with Gasteiger partial charge in [-0.3, -0.25) is 0 Å². The molecule has 1 heterocycles. The van der Waals surface area contributed by atoms with Crippen molar-refractivity contribution in [3.63, 3.8) is 0 Å². The summed E-state index contributed by atoms with van der Waals surface area (Å²) in [4.78, 5) is 0. The second-order valence-corrected chi connectivity index (χ2v) is 6.25. The molecule has 0 radical (unpaired) electrons. The van der Waals surface area contributed by atoms with E-state index in [0.717, 1.165) is 12.2 Å². The van der Waals surface area contributed by atoms with Crippen LogP contribution < -0.4 is 15.4 Å². The van der Waals surface area contributed by atoms with E-state index in [1.807, 2.05) is 6.07 Å². The molecule has 0 spiro atoms. The molecular formula is C17H25FN2O. The monoisotopic (exact) mass is 292 g/mol. The van der Waals surface area contributed by atoms with Gasteiger partial charge in [-0.2, -0.15) is 0 Å². The molecule has 0 bridgehead atoms. The highest BCUT2D eigenvalue weighted by molar-refractivity contribution is 5.49. The van der Waals surface area contributed by atoms with Crippen LogP contribution in [0.2, 0.25) is 0 Å². The second kappa shape index (κ2) is 6.65. The van der Waals surface area contributed by atoms with Gasteiger partial charge in [0.1, 0.15) is 0 Å². The number of benzene rings is 1. The lowest BCUT2D eigenvalue weighted by Gasteiger charge is -2.36. The molecule has 3 rings (SSSR count). The molecule has 1 aromatic rings. The Morgan fingerprint density at radius 2 is 2.05 bits per heavy atom. The molecule has 1 saturated carbocycles. The Hall–Kier alpha value is -1.29. The third-order valence-electron chi connectivity index (χ3n) is 4.94. The van der Waals surface area contributed by atoms with Gasteiger partial charge < -0.3 is 15.4 Å². The molecule has 1 aliphatic carbocycles. The van der Waals surface area contributed by atoms with Crippen molar-refractivity contribution >= 4 is 5.69 Å². The molecule has 0 aromatic heterocycles. The van der Waals surface area contributed by atoms with Gasteiger partial charge in [-0.1, -0.05) is 12.8 Å². The van der Waals surface area contributed by atoms with Gasteiger partial charge >= 0.3 is 0 Å². The van der Waals surface area contributed by atoms with Crippen molar-refractivity contribution < 1.29 is 9.13 Å². The number of rotatable bonds is 4. The van der Waals surface area contributed by atoms with Gasteiger partial charge in [0.2, 0.25) is 0 Å². The molecule has 1 saturated heterocycles. The van der Waals surface area contributed by atoms with E-state index in [0.29, 0.717) is 23.8 Å². The first-order valence-corrected chi connectivity index (χ1v) is 8.11. The highest BCUT2D eigenvalue weighted by atomic mass is 19.1. The van der Waals surface area contributed by atoms with E-state index in [4.69, 9.17) is 4.74 Å². The largest absolute Gasteiger partial charge is 0.494 e. The number of halogens is 1. The minimum atomic E-state index is -0.305. The Bertz CT molecular complexity index is 474. The van der Waals surface area contributed by atoms with Crippen molar-refractivity contribution in [1.29, 1.82) is 0 Å². The standard InChI is InChI=1S/C17H25FN2O/c1-21-17-11-12(8-9-14(17)18)20-16-6-3-2-5-13(16)15-7-4-10-19-15/h8-9,11,13,15-16,19-20H,2-7,10H2,1H3. The molecule has 2 aliphatic rings. The molecule has 0 amide bonds. The summed E-state index contributed by atoms with van der Waals surface area (Å²) < 4.78 is 18.6. The van der Waals surface area contributed by atoms with Gasteiger partial charge in [-0.15, -0.1) is 0 Å². The molecule has 3 atom stereocenters. The number of ether oxygens (including phenoxy) is 1. The van der Waals surface area contributed by atoms with Gasteiger partial charge in [0.25, 0.3) is 0 Å². The van der Waals surface area contributed by atoms with Gasteiger partial charge in [-0.25, -0.2) is 4.39 Å². The third-order valence-corrected chi connectivity index (χ3v) is 4.94. The van der Waals surface area contributed by atoms with Crippen molar-refractivity contribution in [2.24, 2.45) is 5.92 Å². The zero-order chi connectivity index (χ0) is 14.7. The van der Waals surface area contributed by atoms with E-state index >= 15 is 0 Å². The fourth-order valence-corrected chi connectivity index (χ4v) is 3.86. The molecule has 4 heteroatoms. The summed E-state index contributed by atoms with van der Waals surface area (Å²) in [6.45, 7) is 1.15. The first kappa shape index (κ1) is 14.6. The molecule has 2 fully saturated rings. The van der Waals surface area contributed by atoms with Crippen LogP contribution in [0, 0.1) is 11.7 Å². The molecule has 3 unspecified atom stereocenters. The average Bonchev–Trinajstić information content (AvgIpc) is 3.04. The summed E-state index contributed by atoms with van der Waals surface area (Å²) in [5.74, 6) is 0.685. The minimum absolute atomic E-state index is 0.305. The van der Waals surface area contributed by atoms with Crippen molar-refractivity contribution in [2.45, 2.75) is 50.6 Å². The zero-order valence-corrected chi connectivity index (χ0v) is 12.7. The zero-order valence-electron chi connectivity index (χ0n) is 12.7.